The maximum Gasteiger partial charge on any atom is 0.123 e. The molecule has 1 aromatic heterocycles. The van der Waals surface area contributed by atoms with E-state index in [1.807, 2.05) is 0 Å². The van der Waals surface area contributed by atoms with Gasteiger partial charge in [0.05, 0.1) is 24.6 Å². The van der Waals surface area contributed by atoms with Crippen LogP contribution in [0.25, 0.3) is 5.57 Å². The summed E-state index contributed by atoms with van der Waals surface area (Å²) in [5.41, 5.74) is 8.95. The maximum absolute atomic E-state index is 6.39. The van der Waals surface area contributed by atoms with Gasteiger partial charge in [-0.15, -0.1) is 0 Å². The van der Waals surface area contributed by atoms with Gasteiger partial charge < -0.3 is 14.5 Å². The van der Waals surface area contributed by atoms with E-state index < -0.39 is 0 Å². The molecule has 2 aromatic rings. The van der Waals surface area contributed by atoms with Crippen molar-refractivity contribution in [1.29, 1.82) is 0 Å². The molecular formula is C39H60N2O2. The quantitative estimate of drug-likeness (QED) is 0.139. The summed E-state index contributed by atoms with van der Waals surface area (Å²) >= 11 is 0. The molecule has 0 unspecified atom stereocenters. The zero-order valence-electron chi connectivity index (χ0n) is 28.4. The minimum Gasteiger partial charge on any atom is -0.493 e. The Morgan fingerprint density at radius 1 is 0.628 bits per heavy atom. The lowest BCUT2D eigenvalue weighted by molar-refractivity contribution is 0.289. The van der Waals surface area contributed by atoms with E-state index in [0.29, 0.717) is 0 Å². The molecule has 0 atom stereocenters. The largest absolute Gasteiger partial charge is 0.493 e. The van der Waals surface area contributed by atoms with Gasteiger partial charge in [-0.05, 0) is 81.5 Å². The zero-order chi connectivity index (χ0) is 30.9. The van der Waals surface area contributed by atoms with Crippen molar-refractivity contribution in [2.24, 2.45) is 4.99 Å². The molecule has 0 amide bonds. The van der Waals surface area contributed by atoms with Gasteiger partial charge >= 0.3 is 0 Å². The van der Waals surface area contributed by atoms with Gasteiger partial charge in [0.1, 0.15) is 11.5 Å². The number of aromatic nitrogens is 1. The van der Waals surface area contributed by atoms with Crippen molar-refractivity contribution in [3.63, 3.8) is 0 Å². The van der Waals surface area contributed by atoms with Gasteiger partial charge in [0.25, 0.3) is 0 Å². The number of nitrogens with zero attached hydrogens (tertiary/aromatic N) is 1. The average molecular weight is 589 g/mol. The first-order chi connectivity index (χ1) is 20.9. The number of H-pyrrole nitrogens is 1. The number of aromatic amines is 1. The number of ether oxygens (including phenoxy) is 2. The highest BCUT2D eigenvalue weighted by molar-refractivity contribution is 6.01. The van der Waals surface area contributed by atoms with Crippen LogP contribution in [0.3, 0.4) is 0 Å². The van der Waals surface area contributed by atoms with Crippen molar-refractivity contribution in [2.75, 3.05) is 13.2 Å². The second kappa shape index (κ2) is 19.5. The van der Waals surface area contributed by atoms with E-state index in [-0.39, 0.29) is 0 Å². The molecule has 0 saturated carbocycles. The third kappa shape index (κ3) is 12.0. The van der Waals surface area contributed by atoms with Crippen LogP contribution in [0, 0.1) is 13.8 Å². The van der Waals surface area contributed by atoms with Crippen LogP contribution in [-0.4, -0.2) is 23.9 Å². The fraction of sp³-hybridized carbons (Fsp3) is 0.615. The molecule has 1 aromatic carbocycles. The van der Waals surface area contributed by atoms with E-state index in [1.54, 1.807) is 0 Å². The summed E-state index contributed by atoms with van der Waals surface area (Å²) in [6.07, 6.45) is 22.9. The second-order valence-corrected chi connectivity index (χ2v) is 12.7. The molecule has 1 N–H and O–H groups in total. The molecule has 43 heavy (non-hydrogen) atoms. The molecule has 2 heterocycles. The fourth-order valence-electron chi connectivity index (χ4n) is 6.05. The molecule has 238 valence electrons. The molecule has 0 bridgehead atoms. The fourth-order valence-corrected chi connectivity index (χ4v) is 6.05. The molecule has 3 rings (SSSR count). The van der Waals surface area contributed by atoms with Crippen LogP contribution >= 0.6 is 0 Å². The van der Waals surface area contributed by atoms with E-state index in [1.165, 1.54) is 101 Å². The van der Waals surface area contributed by atoms with Gasteiger partial charge in [-0.3, -0.25) is 4.99 Å². The Morgan fingerprint density at radius 3 is 1.53 bits per heavy atom. The molecule has 1 aliphatic rings. The zero-order valence-corrected chi connectivity index (χ0v) is 28.4. The SMILES string of the molecule is CCCCCCCCCCOc1cc(OCCCCCCCCCC)cc(/C(=C2/N=C(C)C=C2C)c2[nH]c(C)cc2C)c1. The van der Waals surface area contributed by atoms with Gasteiger partial charge in [0.2, 0.25) is 0 Å². The molecular weight excluding hydrogens is 528 g/mol. The maximum atomic E-state index is 6.39. The third-order valence-corrected chi connectivity index (χ3v) is 8.43. The molecule has 0 spiro atoms. The van der Waals surface area contributed by atoms with Gasteiger partial charge in [0, 0.05) is 23.0 Å². The minimum atomic E-state index is 0.735. The molecule has 0 saturated heterocycles. The van der Waals surface area contributed by atoms with Crippen molar-refractivity contribution in [3.8, 4) is 11.5 Å². The van der Waals surface area contributed by atoms with E-state index in [0.717, 1.165) is 71.5 Å². The average Bonchev–Trinajstić information content (AvgIpc) is 3.49. The Bertz CT molecular complexity index is 1160. The summed E-state index contributed by atoms with van der Waals surface area (Å²) < 4.78 is 12.8. The summed E-state index contributed by atoms with van der Waals surface area (Å²) in [7, 11) is 0. The molecule has 1 aliphatic heterocycles. The number of aryl methyl sites for hydroxylation is 2. The smallest absolute Gasteiger partial charge is 0.123 e. The molecule has 4 heteroatoms. The van der Waals surface area contributed by atoms with Crippen LogP contribution in [0.5, 0.6) is 11.5 Å². The summed E-state index contributed by atoms with van der Waals surface area (Å²) in [4.78, 5) is 8.61. The number of unbranched alkanes of at least 4 members (excludes halogenated alkanes) is 14. The summed E-state index contributed by atoms with van der Waals surface area (Å²) in [5.74, 6) is 1.76. The predicted molar refractivity (Wildman–Crippen MR) is 186 cm³/mol. The molecule has 0 fully saturated rings. The first-order valence-corrected chi connectivity index (χ1v) is 17.5. The highest BCUT2D eigenvalue weighted by Crippen LogP contribution is 2.38. The van der Waals surface area contributed by atoms with Gasteiger partial charge in [-0.2, -0.15) is 0 Å². The van der Waals surface area contributed by atoms with Crippen molar-refractivity contribution >= 4 is 11.3 Å². The summed E-state index contributed by atoms with van der Waals surface area (Å²) in [5, 5.41) is 0. The standard InChI is InChI=1S/C39H60N2O2/c1-7-9-11-13-15-17-19-21-23-42-35-27-34(28-36(29-35)43-24-22-20-18-16-14-12-10-8-2)37(38-30(3)25-32(5)40-38)39-31(4)26-33(6)41-39/h25-29,40H,7-24H2,1-6H3/b39-37-. The van der Waals surface area contributed by atoms with Crippen LogP contribution in [0.1, 0.15) is 153 Å². The Kier molecular flexibility index (Phi) is 15.8. The minimum absolute atomic E-state index is 0.735. The van der Waals surface area contributed by atoms with Crippen molar-refractivity contribution in [3.05, 3.63) is 64.1 Å². The number of aliphatic imine (C=N–C) groups is 1. The summed E-state index contributed by atoms with van der Waals surface area (Å²) in [6, 6.07) is 8.66. The van der Waals surface area contributed by atoms with Crippen molar-refractivity contribution < 1.29 is 9.47 Å². The second-order valence-electron chi connectivity index (χ2n) is 12.7. The van der Waals surface area contributed by atoms with E-state index in [4.69, 9.17) is 14.5 Å². The number of hydrogen-bond donors (Lipinski definition) is 1. The lowest BCUT2D eigenvalue weighted by atomic mass is 9.95. The lowest BCUT2D eigenvalue weighted by Gasteiger charge is -2.16. The number of benzene rings is 1. The van der Waals surface area contributed by atoms with Crippen LogP contribution < -0.4 is 9.47 Å². The van der Waals surface area contributed by atoms with Crippen LogP contribution in [0.4, 0.5) is 0 Å². The lowest BCUT2D eigenvalue weighted by Crippen LogP contribution is -2.03. The van der Waals surface area contributed by atoms with Crippen LogP contribution in [-0.2, 0) is 0 Å². The highest BCUT2D eigenvalue weighted by atomic mass is 16.5. The number of hydrogen-bond acceptors (Lipinski definition) is 3. The van der Waals surface area contributed by atoms with E-state index in [9.17, 15) is 0 Å². The Morgan fingerprint density at radius 2 is 1.12 bits per heavy atom. The number of nitrogens with one attached hydrogen (secondary N) is 1. The van der Waals surface area contributed by atoms with E-state index >= 15 is 0 Å². The Labute approximate surface area is 263 Å². The summed E-state index contributed by atoms with van der Waals surface area (Å²) in [6.45, 7) is 14.5. The predicted octanol–water partition coefficient (Wildman–Crippen LogP) is 11.9. The van der Waals surface area contributed by atoms with Gasteiger partial charge in [-0.1, -0.05) is 104 Å². The monoisotopic (exact) mass is 588 g/mol. The first-order valence-electron chi connectivity index (χ1n) is 17.5. The van der Waals surface area contributed by atoms with Crippen molar-refractivity contribution in [2.45, 2.75) is 144 Å². The number of rotatable bonds is 22. The number of allylic oxidation sites excluding steroid dienone is 2. The van der Waals surface area contributed by atoms with E-state index in [2.05, 4.69) is 76.9 Å². The van der Waals surface area contributed by atoms with Crippen LogP contribution in [0.15, 0.2) is 46.6 Å². The Hall–Kier alpha value is -2.75. The van der Waals surface area contributed by atoms with Crippen molar-refractivity contribution in [1.82, 2.24) is 4.98 Å². The van der Waals surface area contributed by atoms with Gasteiger partial charge in [0.15, 0.2) is 0 Å². The molecule has 4 nitrogen and oxygen atoms in total. The Balaban J connectivity index is 1.74. The topological polar surface area (TPSA) is 46.6 Å². The first kappa shape index (κ1) is 34.7. The molecule has 0 aliphatic carbocycles. The highest BCUT2D eigenvalue weighted by Gasteiger charge is 2.21. The normalized spacial score (nSPS) is 14.2. The van der Waals surface area contributed by atoms with Gasteiger partial charge in [-0.25, -0.2) is 0 Å². The van der Waals surface area contributed by atoms with Crippen LogP contribution in [0.2, 0.25) is 0 Å². The third-order valence-electron chi connectivity index (χ3n) is 8.43. The molecule has 0 radical (unpaired) electrons.